The number of carbonyl (C=O) groups excluding carboxylic acids is 1. The van der Waals surface area contributed by atoms with Crippen LogP contribution >= 0.6 is 0 Å². The number of hydrogen-bond acceptors (Lipinski definition) is 8. The first kappa shape index (κ1) is 27.1. The molecule has 38 heavy (non-hydrogen) atoms. The molecule has 0 spiro atoms. The second-order valence-electron chi connectivity index (χ2n) is 9.34. The lowest BCUT2D eigenvalue weighted by Gasteiger charge is -2.35. The second kappa shape index (κ2) is 12.1. The van der Waals surface area contributed by atoms with Crippen LogP contribution in [0, 0.1) is 22.7 Å². The van der Waals surface area contributed by atoms with Gasteiger partial charge in [0.05, 0.1) is 17.7 Å². The van der Waals surface area contributed by atoms with Crippen LogP contribution in [0.1, 0.15) is 36.2 Å². The molecule has 12 heteroatoms. The van der Waals surface area contributed by atoms with Gasteiger partial charge in [0.15, 0.2) is 0 Å². The summed E-state index contributed by atoms with van der Waals surface area (Å²) in [6, 6.07) is 12.2. The van der Waals surface area contributed by atoms with E-state index in [2.05, 4.69) is 32.3 Å². The molecule has 9 nitrogen and oxygen atoms in total. The van der Waals surface area contributed by atoms with E-state index in [1.54, 1.807) is 28.0 Å². The zero-order chi connectivity index (χ0) is 27.1. The predicted molar refractivity (Wildman–Crippen MR) is 134 cm³/mol. The molecule has 2 aromatic rings. The molecular formula is C26H29F3N8O. The summed E-state index contributed by atoms with van der Waals surface area (Å²) in [5, 5.41) is 20.6. The summed E-state index contributed by atoms with van der Waals surface area (Å²) in [6.45, 7) is 3.63. The number of benzene rings is 1. The van der Waals surface area contributed by atoms with E-state index in [1.165, 1.54) is 0 Å². The van der Waals surface area contributed by atoms with Gasteiger partial charge in [-0.1, -0.05) is 12.1 Å². The third-order valence-electron chi connectivity index (χ3n) is 6.83. The Morgan fingerprint density at radius 3 is 2.42 bits per heavy atom. The average Bonchev–Trinajstić information content (AvgIpc) is 3.42. The largest absolute Gasteiger partial charge is 0.451 e. The van der Waals surface area contributed by atoms with Gasteiger partial charge < -0.3 is 15.1 Å². The zero-order valence-electron chi connectivity index (χ0n) is 20.9. The molecule has 4 rings (SSSR count). The topological polar surface area (TPSA) is 112 Å². The highest BCUT2D eigenvalue weighted by Crippen LogP contribution is 2.33. The number of nitrogens with one attached hydrogen (secondary N) is 1. The highest BCUT2D eigenvalue weighted by molar-refractivity contribution is 5.85. The Hall–Kier alpha value is -3.90. The summed E-state index contributed by atoms with van der Waals surface area (Å²) in [5.74, 6) is -1.19. The van der Waals surface area contributed by atoms with Crippen molar-refractivity contribution in [1.82, 2.24) is 20.2 Å². The van der Waals surface area contributed by atoms with Crippen molar-refractivity contribution < 1.29 is 18.0 Å². The van der Waals surface area contributed by atoms with Gasteiger partial charge in [0.2, 0.25) is 11.7 Å². The SMILES string of the molecule is N#CCCN1CCN(c2cc(N3CCC[C@H]3C(=O)NCCc3ccc(C#N)cc3)nc(C(F)(F)F)n2)CC1. The summed E-state index contributed by atoms with van der Waals surface area (Å²) in [5.41, 5.74) is 1.53. The summed E-state index contributed by atoms with van der Waals surface area (Å²) < 4.78 is 41.2. The van der Waals surface area contributed by atoms with Crippen molar-refractivity contribution in [2.45, 2.75) is 37.9 Å². The maximum Gasteiger partial charge on any atom is 0.451 e. The van der Waals surface area contributed by atoms with Gasteiger partial charge >= 0.3 is 6.18 Å². The second-order valence-corrected chi connectivity index (χ2v) is 9.34. The molecule has 1 N–H and O–H groups in total. The van der Waals surface area contributed by atoms with E-state index in [0.717, 1.165) is 5.56 Å². The molecule has 2 fully saturated rings. The molecule has 3 heterocycles. The van der Waals surface area contributed by atoms with E-state index in [4.69, 9.17) is 10.5 Å². The highest BCUT2D eigenvalue weighted by Gasteiger charge is 2.38. The van der Waals surface area contributed by atoms with Crippen molar-refractivity contribution in [3.63, 3.8) is 0 Å². The van der Waals surface area contributed by atoms with Crippen LogP contribution < -0.4 is 15.1 Å². The van der Waals surface area contributed by atoms with Gasteiger partial charge in [-0.2, -0.15) is 23.7 Å². The van der Waals surface area contributed by atoms with Crippen molar-refractivity contribution in [1.29, 1.82) is 10.5 Å². The normalized spacial score (nSPS) is 18.2. The fraction of sp³-hybridized carbons (Fsp3) is 0.500. The first-order chi connectivity index (χ1) is 18.3. The molecule has 1 atom stereocenters. The van der Waals surface area contributed by atoms with E-state index < -0.39 is 18.0 Å². The van der Waals surface area contributed by atoms with Crippen molar-refractivity contribution in [2.75, 3.05) is 55.6 Å². The maximum absolute atomic E-state index is 13.7. The third kappa shape index (κ3) is 6.69. The van der Waals surface area contributed by atoms with Gasteiger partial charge in [-0.05, 0) is 37.0 Å². The zero-order valence-corrected chi connectivity index (χ0v) is 20.9. The minimum atomic E-state index is -4.72. The number of rotatable bonds is 8. The van der Waals surface area contributed by atoms with Gasteiger partial charge in [-0.3, -0.25) is 9.69 Å². The third-order valence-corrected chi connectivity index (χ3v) is 6.83. The van der Waals surface area contributed by atoms with Crippen LogP contribution in [0.3, 0.4) is 0 Å². The highest BCUT2D eigenvalue weighted by atomic mass is 19.4. The number of amides is 1. The van der Waals surface area contributed by atoms with Gasteiger partial charge in [-0.25, -0.2) is 9.97 Å². The number of nitrogens with zero attached hydrogens (tertiary/aromatic N) is 7. The fourth-order valence-electron chi connectivity index (χ4n) is 4.77. The van der Waals surface area contributed by atoms with Gasteiger partial charge in [-0.15, -0.1) is 0 Å². The number of halogens is 3. The van der Waals surface area contributed by atoms with Gasteiger partial charge in [0.1, 0.15) is 17.7 Å². The summed E-state index contributed by atoms with van der Waals surface area (Å²) in [7, 11) is 0. The lowest BCUT2D eigenvalue weighted by Crippen LogP contribution is -2.47. The van der Waals surface area contributed by atoms with Crippen molar-refractivity contribution in [2.24, 2.45) is 0 Å². The van der Waals surface area contributed by atoms with Crippen LogP contribution in [-0.2, 0) is 17.4 Å². The molecule has 0 bridgehead atoms. The number of alkyl halides is 3. The Labute approximate surface area is 219 Å². The Balaban J connectivity index is 1.45. The standard InChI is InChI=1S/C26H29F3N8O/c27-26(28,29)25-33-22(36-15-13-35(14-16-36)11-2-9-30)17-23(34-25)37-12-1-3-21(37)24(38)32-10-8-19-4-6-20(18-31)7-5-19/h4-7,17,21H,1-3,8,10-16H2,(H,32,38)/t21-/m0/s1. The fourth-order valence-corrected chi connectivity index (χ4v) is 4.77. The number of anilines is 2. The van der Waals surface area contributed by atoms with E-state index in [0.29, 0.717) is 77.1 Å². The molecule has 1 aromatic carbocycles. The van der Waals surface area contributed by atoms with Gasteiger partial charge in [0.25, 0.3) is 0 Å². The van der Waals surface area contributed by atoms with Crippen LogP contribution in [0.25, 0.3) is 0 Å². The Kier molecular flexibility index (Phi) is 8.64. The molecule has 1 amide bonds. The van der Waals surface area contributed by atoms with Crippen LogP contribution in [0.4, 0.5) is 24.8 Å². The Morgan fingerprint density at radius 1 is 1.05 bits per heavy atom. The van der Waals surface area contributed by atoms with Crippen LogP contribution in [-0.4, -0.2) is 72.6 Å². The average molecular weight is 527 g/mol. The summed E-state index contributed by atoms with van der Waals surface area (Å²) in [4.78, 5) is 26.2. The molecule has 2 aliphatic rings. The number of carbonyl (C=O) groups is 1. The van der Waals surface area contributed by atoms with Crippen molar-refractivity contribution in [3.05, 3.63) is 47.3 Å². The smallest absolute Gasteiger partial charge is 0.354 e. The molecular weight excluding hydrogens is 497 g/mol. The molecule has 0 aliphatic carbocycles. The molecule has 0 radical (unpaired) electrons. The van der Waals surface area contributed by atoms with Crippen LogP contribution in [0.2, 0.25) is 0 Å². The van der Waals surface area contributed by atoms with Crippen LogP contribution in [0.15, 0.2) is 30.3 Å². The molecule has 1 aromatic heterocycles. The molecule has 200 valence electrons. The van der Waals surface area contributed by atoms with E-state index in [-0.39, 0.29) is 17.5 Å². The minimum absolute atomic E-state index is 0.0963. The molecule has 2 aliphatic heterocycles. The maximum atomic E-state index is 13.7. The Bertz CT molecular complexity index is 1200. The summed E-state index contributed by atoms with van der Waals surface area (Å²) in [6.07, 6.45) is -2.58. The number of aromatic nitrogens is 2. The lowest BCUT2D eigenvalue weighted by molar-refractivity contribution is -0.144. The number of nitriles is 2. The minimum Gasteiger partial charge on any atom is -0.354 e. The molecule has 0 saturated carbocycles. The summed E-state index contributed by atoms with van der Waals surface area (Å²) >= 11 is 0. The van der Waals surface area contributed by atoms with Gasteiger partial charge in [0, 0.05) is 58.3 Å². The first-order valence-corrected chi connectivity index (χ1v) is 12.6. The monoisotopic (exact) mass is 526 g/mol. The molecule has 2 saturated heterocycles. The van der Waals surface area contributed by atoms with E-state index >= 15 is 0 Å². The lowest BCUT2D eigenvalue weighted by atomic mass is 10.1. The van der Waals surface area contributed by atoms with Crippen molar-refractivity contribution in [3.8, 4) is 12.1 Å². The number of piperazine rings is 1. The molecule has 0 unspecified atom stereocenters. The predicted octanol–water partition coefficient (Wildman–Crippen LogP) is 2.73. The van der Waals surface area contributed by atoms with E-state index in [9.17, 15) is 18.0 Å². The number of hydrogen-bond donors (Lipinski definition) is 1. The first-order valence-electron chi connectivity index (χ1n) is 12.6. The van der Waals surface area contributed by atoms with Crippen LogP contribution in [0.5, 0.6) is 0 Å². The Morgan fingerprint density at radius 2 is 1.76 bits per heavy atom. The van der Waals surface area contributed by atoms with Crippen molar-refractivity contribution >= 4 is 17.5 Å². The van der Waals surface area contributed by atoms with E-state index in [1.807, 2.05) is 12.1 Å². The quantitative estimate of drug-likeness (QED) is 0.559.